The molecule has 0 aliphatic carbocycles. The molecule has 1 aliphatic rings. The highest BCUT2D eigenvalue weighted by Gasteiger charge is 2.31. The third-order valence-corrected chi connectivity index (χ3v) is 1.50. The molecule has 1 rings (SSSR count). The Labute approximate surface area is 68.6 Å². The van der Waals surface area contributed by atoms with E-state index in [1.165, 1.54) is 0 Å². The molecule has 72 valence electrons. The number of hydrogen-bond acceptors (Lipinski definition) is 5. The number of hydrogen-bond donors (Lipinski definition) is 4. The molecular weight excluding hydrogens is 168 g/mol. The van der Waals surface area contributed by atoms with E-state index in [-0.39, 0.29) is 5.48 Å². The maximum Gasteiger partial charge on any atom is 0.275 e. The first-order valence-corrected chi connectivity index (χ1v) is 3.19. The van der Waals surface area contributed by atoms with Crippen molar-refractivity contribution in [3.8, 4) is 0 Å². The number of aliphatic hydroxyl groups is 4. The van der Waals surface area contributed by atoms with Crippen LogP contribution in [0.25, 0.3) is 0 Å². The first kappa shape index (κ1) is 11.2. The largest absolute Gasteiger partial charge is 0.481 e. The van der Waals surface area contributed by atoms with Crippen molar-refractivity contribution in [3.63, 3.8) is 0 Å². The van der Waals surface area contributed by atoms with Crippen LogP contribution in [0, 0.1) is 0 Å². The van der Waals surface area contributed by atoms with Gasteiger partial charge in [0.1, 0.15) is 12.2 Å². The van der Waals surface area contributed by atoms with Crippen molar-refractivity contribution in [2.45, 2.75) is 18.3 Å². The van der Waals surface area contributed by atoms with Gasteiger partial charge < -0.3 is 30.6 Å². The Kier molecular flexibility index (Phi) is 3.98. The normalized spacial score (nSPS) is 34.6. The molecule has 0 aromatic carbocycles. The summed E-state index contributed by atoms with van der Waals surface area (Å²) >= 11 is 0. The molecule has 0 fully saturated rings. The van der Waals surface area contributed by atoms with Gasteiger partial charge in [0.2, 0.25) is 0 Å². The second-order valence-corrected chi connectivity index (χ2v) is 2.32. The highest BCUT2D eigenvalue weighted by molar-refractivity contribution is 5.00. The summed E-state index contributed by atoms with van der Waals surface area (Å²) in [5.41, 5.74) is 0. The fourth-order valence-electron chi connectivity index (χ4n) is 0.874. The standard InChI is InChI=1S/C6H10O5.H2O/c7-2-4-6(10)3(8)1-5(9)11-4;/h1,3-4,6-10H,2H2;1H2/t3?,4-,6+;/m1./s1. The molecule has 6 nitrogen and oxygen atoms in total. The molecule has 6 heteroatoms. The zero-order valence-corrected chi connectivity index (χ0v) is 6.21. The minimum absolute atomic E-state index is 0. The molecule has 1 heterocycles. The number of ether oxygens (including phenoxy) is 1. The van der Waals surface area contributed by atoms with Gasteiger partial charge >= 0.3 is 0 Å². The fourth-order valence-corrected chi connectivity index (χ4v) is 0.874. The van der Waals surface area contributed by atoms with Gasteiger partial charge in [0.25, 0.3) is 5.95 Å². The summed E-state index contributed by atoms with van der Waals surface area (Å²) in [4.78, 5) is 0. The van der Waals surface area contributed by atoms with Crippen LogP contribution in [0.15, 0.2) is 12.0 Å². The molecule has 6 N–H and O–H groups in total. The summed E-state index contributed by atoms with van der Waals surface area (Å²) in [7, 11) is 0. The molecule has 0 aromatic rings. The van der Waals surface area contributed by atoms with Crippen LogP contribution in [0.5, 0.6) is 0 Å². The lowest BCUT2D eigenvalue weighted by molar-refractivity contribution is -0.117. The monoisotopic (exact) mass is 180 g/mol. The maximum absolute atomic E-state index is 9.06. The molecule has 0 saturated carbocycles. The summed E-state index contributed by atoms with van der Waals surface area (Å²) in [6.45, 7) is -0.448. The predicted octanol–water partition coefficient (Wildman–Crippen LogP) is -2.33. The molecule has 0 spiro atoms. The van der Waals surface area contributed by atoms with Crippen LogP contribution in [0.3, 0.4) is 0 Å². The summed E-state index contributed by atoms with van der Waals surface area (Å²) < 4.78 is 4.57. The van der Waals surface area contributed by atoms with Crippen molar-refractivity contribution < 1.29 is 30.6 Å². The van der Waals surface area contributed by atoms with Crippen molar-refractivity contribution in [1.82, 2.24) is 0 Å². The van der Waals surface area contributed by atoms with E-state index in [4.69, 9.17) is 20.4 Å². The highest BCUT2D eigenvalue weighted by atomic mass is 16.6. The van der Waals surface area contributed by atoms with Crippen LogP contribution in [0.2, 0.25) is 0 Å². The van der Waals surface area contributed by atoms with E-state index in [9.17, 15) is 0 Å². The second kappa shape index (κ2) is 4.27. The molecule has 0 radical (unpaired) electrons. The fraction of sp³-hybridized carbons (Fsp3) is 0.667. The van der Waals surface area contributed by atoms with Crippen LogP contribution in [0.4, 0.5) is 0 Å². The lowest BCUT2D eigenvalue weighted by Crippen LogP contribution is -2.43. The lowest BCUT2D eigenvalue weighted by atomic mass is 10.1. The van der Waals surface area contributed by atoms with Crippen LogP contribution < -0.4 is 0 Å². The van der Waals surface area contributed by atoms with Gasteiger partial charge in [-0.25, -0.2) is 0 Å². The molecule has 0 saturated heterocycles. The highest BCUT2D eigenvalue weighted by Crippen LogP contribution is 2.15. The SMILES string of the molecule is O.OC[C@H]1OC(O)=CC(O)[C@@H]1O. The number of rotatable bonds is 1. The maximum atomic E-state index is 9.06. The van der Waals surface area contributed by atoms with E-state index in [0.717, 1.165) is 6.08 Å². The van der Waals surface area contributed by atoms with Crippen LogP contribution in [-0.2, 0) is 4.74 Å². The summed E-state index contributed by atoms with van der Waals surface area (Å²) in [6, 6.07) is 0. The minimum Gasteiger partial charge on any atom is -0.481 e. The number of aliphatic hydroxyl groups excluding tert-OH is 4. The van der Waals surface area contributed by atoms with Crippen LogP contribution in [-0.4, -0.2) is 50.8 Å². The molecule has 1 aliphatic heterocycles. The van der Waals surface area contributed by atoms with Crippen molar-refractivity contribution >= 4 is 0 Å². The van der Waals surface area contributed by atoms with Gasteiger partial charge in [-0.3, -0.25) is 0 Å². The first-order chi connectivity index (χ1) is 5.15. The van der Waals surface area contributed by atoms with Gasteiger partial charge in [0.15, 0.2) is 6.10 Å². The quantitative estimate of drug-likeness (QED) is 0.360. The van der Waals surface area contributed by atoms with Crippen molar-refractivity contribution in [2.75, 3.05) is 6.61 Å². The van der Waals surface area contributed by atoms with E-state index in [0.29, 0.717) is 0 Å². The van der Waals surface area contributed by atoms with E-state index in [1.54, 1.807) is 0 Å². The Morgan fingerprint density at radius 3 is 2.50 bits per heavy atom. The van der Waals surface area contributed by atoms with E-state index in [2.05, 4.69) is 4.74 Å². The summed E-state index contributed by atoms with van der Waals surface area (Å²) in [6.07, 6.45) is -2.34. The molecule has 3 atom stereocenters. The van der Waals surface area contributed by atoms with Crippen LogP contribution in [0.1, 0.15) is 0 Å². The van der Waals surface area contributed by atoms with Gasteiger partial charge in [-0.05, 0) is 0 Å². The van der Waals surface area contributed by atoms with Gasteiger partial charge in [0.05, 0.1) is 6.61 Å². The Balaban J connectivity index is 0.00000121. The predicted molar refractivity (Wildman–Crippen MR) is 38.3 cm³/mol. The van der Waals surface area contributed by atoms with Crippen LogP contribution >= 0.6 is 0 Å². The summed E-state index contributed by atoms with van der Waals surface area (Å²) in [5.74, 6) is -0.471. The molecular formula is C6H12O6. The van der Waals surface area contributed by atoms with E-state index in [1.807, 2.05) is 0 Å². The smallest absolute Gasteiger partial charge is 0.275 e. The Hall–Kier alpha value is -0.820. The van der Waals surface area contributed by atoms with Gasteiger partial charge in [0, 0.05) is 6.08 Å². The third kappa shape index (κ3) is 2.08. The van der Waals surface area contributed by atoms with Gasteiger partial charge in [-0.1, -0.05) is 0 Å². The first-order valence-electron chi connectivity index (χ1n) is 3.19. The van der Waals surface area contributed by atoms with E-state index < -0.39 is 30.9 Å². The molecule has 0 aromatic heterocycles. The Morgan fingerprint density at radius 2 is 2.00 bits per heavy atom. The molecule has 12 heavy (non-hydrogen) atoms. The second-order valence-electron chi connectivity index (χ2n) is 2.32. The lowest BCUT2D eigenvalue weighted by Gasteiger charge is -2.28. The molecule has 0 bridgehead atoms. The average molecular weight is 180 g/mol. The Morgan fingerprint density at radius 1 is 1.42 bits per heavy atom. The average Bonchev–Trinajstić information content (AvgIpc) is 1.96. The van der Waals surface area contributed by atoms with Gasteiger partial charge in [-0.2, -0.15) is 0 Å². The zero-order chi connectivity index (χ0) is 8.43. The topological polar surface area (TPSA) is 122 Å². The van der Waals surface area contributed by atoms with E-state index >= 15 is 0 Å². The summed E-state index contributed by atoms with van der Waals surface area (Å²) in [5, 5.41) is 35.4. The molecule has 0 amide bonds. The van der Waals surface area contributed by atoms with Crippen molar-refractivity contribution in [3.05, 3.63) is 12.0 Å². The van der Waals surface area contributed by atoms with Gasteiger partial charge in [-0.15, -0.1) is 0 Å². The zero-order valence-electron chi connectivity index (χ0n) is 6.21. The molecule has 1 unspecified atom stereocenters. The third-order valence-electron chi connectivity index (χ3n) is 1.50. The van der Waals surface area contributed by atoms with Crippen molar-refractivity contribution in [2.24, 2.45) is 0 Å². The Bertz CT molecular complexity index is 167. The minimum atomic E-state index is -1.18. The van der Waals surface area contributed by atoms with Crippen molar-refractivity contribution in [1.29, 1.82) is 0 Å².